The van der Waals surface area contributed by atoms with Crippen molar-refractivity contribution in [1.29, 1.82) is 0 Å². The smallest absolute Gasteiger partial charge is 0.329 e. The van der Waals surface area contributed by atoms with Crippen LogP contribution < -0.4 is 10.1 Å². The van der Waals surface area contributed by atoms with E-state index in [1.807, 2.05) is 13.1 Å². The fourth-order valence-corrected chi connectivity index (χ4v) is 7.64. The van der Waals surface area contributed by atoms with Crippen molar-refractivity contribution < 1.29 is 43.9 Å². The zero-order valence-electron chi connectivity index (χ0n) is 25.9. The van der Waals surface area contributed by atoms with E-state index >= 15 is 0 Å². The first-order valence-electron chi connectivity index (χ1n) is 15.4. The fourth-order valence-electron chi connectivity index (χ4n) is 7.64. The minimum atomic E-state index is -1.58. The van der Waals surface area contributed by atoms with Crippen LogP contribution in [0, 0.1) is 0 Å². The number of hydrogen-bond acceptors (Lipinski definition) is 10. The zero-order chi connectivity index (χ0) is 32.3. The number of likely N-dealkylation sites (N-methyl/N-ethyl adjacent to an activating group) is 1. The molecule has 2 bridgehead atoms. The molecule has 1 spiro atoms. The third-order valence-electron chi connectivity index (χ3n) is 9.55. The third kappa shape index (κ3) is 5.16. The largest absolute Gasteiger partial charge is 0.504 e. The van der Waals surface area contributed by atoms with Crippen LogP contribution in [0.25, 0.3) is 0 Å². The van der Waals surface area contributed by atoms with Gasteiger partial charge in [0, 0.05) is 18.0 Å². The van der Waals surface area contributed by atoms with Crippen molar-refractivity contribution in [1.82, 2.24) is 10.2 Å². The Bertz CT molecular complexity index is 1550. The lowest BCUT2D eigenvalue weighted by molar-refractivity contribution is -0.163. The van der Waals surface area contributed by atoms with Crippen molar-refractivity contribution in [3.63, 3.8) is 0 Å². The predicted molar refractivity (Wildman–Crippen MR) is 161 cm³/mol. The SMILES string of the molecule is CN1CCC[C@]23c4c5ccc(O)c4O[C@H]2C(OC(=O)C[C@H](NC(=O)[C@@H](O)c2ccccc2)C(=O)OC(C)(C)C)=CC[C@@]3(O)[C@H]1C5. The Morgan fingerprint density at radius 2 is 1.89 bits per heavy atom. The molecule has 1 amide bonds. The van der Waals surface area contributed by atoms with Gasteiger partial charge in [-0.25, -0.2) is 4.79 Å². The van der Waals surface area contributed by atoms with E-state index < -0.39 is 59.1 Å². The van der Waals surface area contributed by atoms with Gasteiger partial charge in [-0.05, 0) is 76.9 Å². The van der Waals surface area contributed by atoms with Gasteiger partial charge in [0.15, 0.2) is 23.7 Å². The molecule has 1 fully saturated rings. The molecule has 11 heteroatoms. The van der Waals surface area contributed by atoms with Crippen LogP contribution in [0.4, 0.5) is 0 Å². The molecule has 4 N–H and O–H groups in total. The van der Waals surface area contributed by atoms with E-state index in [1.165, 1.54) is 0 Å². The highest BCUT2D eigenvalue weighted by atomic mass is 16.6. The number of nitrogens with zero attached hydrogens (tertiary/aromatic N) is 1. The predicted octanol–water partition coefficient (Wildman–Crippen LogP) is 2.55. The number of aliphatic hydroxyl groups is 2. The Hall–Kier alpha value is -3.93. The normalized spacial score (nSPS) is 28.0. The van der Waals surface area contributed by atoms with Crippen LogP contribution in [-0.4, -0.2) is 81.0 Å². The minimum Gasteiger partial charge on any atom is -0.504 e. The molecular formula is C34H40N2O9. The molecule has 2 aliphatic carbocycles. The van der Waals surface area contributed by atoms with Gasteiger partial charge < -0.3 is 39.7 Å². The Labute approximate surface area is 261 Å². The Morgan fingerprint density at radius 3 is 2.60 bits per heavy atom. The second-order valence-electron chi connectivity index (χ2n) is 13.5. The van der Waals surface area contributed by atoms with Crippen LogP contribution in [0.5, 0.6) is 11.5 Å². The van der Waals surface area contributed by atoms with E-state index in [1.54, 1.807) is 63.2 Å². The molecule has 4 aliphatic rings. The number of carbonyl (C=O) groups excluding carboxylic acids is 3. The number of hydrogen-bond donors (Lipinski definition) is 4. The number of benzene rings is 2. The average Bonchev–Trinajstić information content (AvgIpc) is 3.33. The van der Waals surface area contributed by atoms with Gasteiger partial charge in [0.1, 0.15) is 17.4 Å². The van der Waals surface area contributed by atoms with E-state index in [0.717, 1.165) is 24.1 Å². The molecule has 2 aromatic rings. The quantitative estimate of drug-likeness (QED) is 0.340. The van der Waals surface area contributed by atoms with E-state index in [0.29, 0.717) is 18.4 Å². The molecular weight excluding hydrogens is 580 g/mol. The van der Waals surface area contributed by atoms with E-state index in [-0.39, 0.29) is 29.7 Å². The van der Waals surface area contributed by atoms with Gasteiger partial charge in [0.05, 0.1) is 17.4 Å². The summed E-state index contributed by atoms with van der Waals surface area (Å²) in [4.78, 5) is 41.8. The van der Waals surface area contributed by atoms with Gasteiger partial charge in [-0.1, -0.05) is 36.4 Å². The van der Waals surface area contributed by atoms with Gasteiger partial charge in [-0.3, -0.25) is 9.59 Å². The van der Waals surface area contributed by atoms with Crippen molar-refractivity contribution in [3.8, 4) is 11.5 Å². The summed E-state index contributed by atoms with van der Waals surface area (Å²) in [7, 11) is 2.00. The zero-order valence-corrected chi connectivity index (χ0v) is 25.9. The van der Waals surface area contributed by atoms with Crippen molar-refractivity contribution in [3.05, 3.63) is 71.0 Å². The minimum absolute atomic E-state index is 0.0497. The van der Waals surface area contributed by atoms with Gasteiger partial charge in [0.2, 0.25) is 0 Å². The van der Waals surface area contributed by atoms with Crippen LogP contribution in [0.3, 0.4) is 0 Å². The molecule has 2 heterocycles. The lowest BCUT2D eigenvalue weighted by atomic mass is 9.52. The Balaban J connectivity index is 1.27. The van der Waals surface area contributed by atoms with Crippen LogP contribution in [0.1, 0.15) is 69.2 Å². The second-order valence-corrected chi connectivity index (χ2v) is 13.5. The number of rotatable bonds is 7. The summed E-state index contributed by atoms with van der Waals surface area (Å²) in [5.74, 6) is -2.16. The molecule has 2 aliphatic heterocycles. The summed E-state index contributed by atoms with van der Waals surface area (Å²) >= 11 is 0. The van der Waals surface area contributed by atoms with Gasteiger partial charge in [-0.15, -0.1) is 0 Å². The summed E-state index contributed by atoms with van der Waals surface area (Å²) in [6.07, 6.45) is 0.662. The van der Waals surface area contributed by atoms with Crippen molar-refractivity contribution in [2.24, 2.45) is 0 Å². The lowest BCUT2D eigenvalue weighted by Gasteiger charge is -2.56. The molecule has 6 rings (SSSR count). The number of ether oxygens (including phenoxy) is 3. The number of phenols is 1. The van der Waals surface area contributed by atoms with Crippen LogP contribution in [0.2, 0.25) is 0 Å². The van der Waals surface area contributed by atoms with Crippen molar-refractivity contribution >= 4 is 17.8 Å². The highest BCUT2D eigenvalue weighted by Gasteiger charge is 2.71. The molecule has 0 saturated carbocycles. The number of aromatic hydroxyl groups is 1. The first kappa shape index (κ1) is 31.1. The first-order valence-corrected chi connectivity index (χ1v) is 15.4. The second kappa shape index (κ2) is 11.1. The summed E-state index contributed by atoms with van der Waals surface area (Å²) in [6.45, 7) is 5.75. The first-order chi connectivity index (χ1) is 21.2. The van der Waals surface area contributed by atoms with Gasteiger partial charge in [0.25, 0.3) is 5.91 Å². The molecule has 240 valence electrons. The van der Waals surface area contributed by atoms with Crippen molar-refractivity contribution in [2.75, 3.05) is 13.6 Å². The Morgan fingerprint density at radius 1 is 1.16 bits per heavy atom. The maximum absolute atomic E-state index is 13.5. The lowest BCUT2D eigenvalue weighted by Crippen LogP contribution is -2.69. The topological polar surface area (TPSA) is 155 Å². The summed E-state index contributed by atoms with van der Waals surface area (Å²) in [6, 6.07) is 10.0. The van der Waals surface area contributed by atoms with Crippen LogP contribution >= 0.6 is 0 Å². The van der Waals surface area contributed by atoms with E-state index in [4.69, 9.17) is 14.2 Å². The summed E-state index contributed by atoms with van der Waals surface area (Å²) < 4.78 is 17.7. The number of phenolic OH excluding ortho intramolecular Hbond substituents is 1. The molecule has 1 saturated heterocycles. The molecule has 11 nitrogen and oxygen atoms in total. The maximum atomic E-state index is 13.5. The van der Waals surface area contributed by atoms with Crippen molar-refractivity contribution in [2.45, 2.75) is 93.8 Å². The van der Waals surface area contributed by atoms with Crippen LogP contribution in [-0.2, 0) is 35.7 Å². The highest BCUT2D eigenvalue weighted by molar-refractivity contribution is 5.90. The number of esters is 2. The highest BCUT2D eigenvalue weighted by Crippen LogP contribution is 2.64. The molecule has 0 unspecified atom stereocenters. The molecule has 2 aromatic carbocycles. The number of nitrogens with one attached hydrogen (secondary N) is 1. The third-order valence-corrected chi connectivity index (χ3v) is 9.55. The van der Waals surface area contributed by atoms with Gasteiger partial charge >= 0.3 is 11.9 Å². The monoisotopic (exact) mass is 620 g/mol. The van der Waals surface area contributed by atoms with Gasteiger partial charge in [-0.2, -0.15) is 0 Å². The van der Waals surface area contributed by atoms with E-state index in [9.17, 15) is 29.7 Å². The van der Waals surface area contributed by atoms with Crippen LogP contribution in [0.15, 0.2) is 54.3 Å². The number of likely N-dealkylation sites (tertiary alicyclic amines) is 1. The number of carbonyl (C=O) groups is 3. The molecule has 0 radical (unpaired) electrons. The summed E-state index contributed by atoms with van der Waals surface area (Å²) in [5.41, 5.74) is -1.06. The number of aliphatic hydroxyl groups excluding tert-OH is 1. The molecule has 6 atom stereocenters. The number of amides is 1. The standard InChI is InChI=1S/C34H40N2O9/c1-32(2,3)45-31(41)21(35-30(40)27(39)19-9-6-5-7-10-19)18-25(38)43-23-13-15-34(42)24-17-20-11-12-22(37)28-26(20)33(34,29(23)44-28)14-8-16-36(24)4/h5-7,9-13,21,24,27,29,37,39,42H,8,14-18H2,1-4H3,(H,35,40)/t21-,24+,27-,29-,33-,34+/m0/s1. The maximum Gasteiger partial charge on any atom is 0.329 e. The fraction of sp³-hybridized carbons (Fsp3) is 0.500. The average molecular weight is 621 g/mol. The van der Waals surface area contributed by atoms with E-state index in [2.05, 4.69) is 10.2 Å². The molecule has 0 aromatic heterocycles. The Kier molecular flexibility index (Phi) is 7.70. The summed E-state index contributed by atoms with van der Waals surface area (Å²) in [5, 5.41) is 36.3. The molecule has 45 heavy (non-hydrogen) atoms.